The minimum atomic E-state index is 0.286. The Bertz CT molecular complexity index is 461. The first-order valence-electron chi connectivity index (χ1n) is 7.93. The Morgan fingerprint density at radius 3 is 2.71 bits per heavy atom. The minimum absolute atomic E-state index is 0.286. The van der Waals surface area contributed by atoms with Crippen LogP contribution in [0.3, 0.4) is 0 Å². The fraction of sp³-hybridized carbons (Fsp3) is 0.750. The van der Waals surface area contributed by atoms with Crippen molar-refractivity contribution in [2.24, 2.45) is 0 Å². The van der Waals surface area contributed by atoms with Crippen molar-refractivity contribution in [2.45, 2.75) is 52.0 Å². The summed E-state index contributed by atoms with van der Waals surface area (Å²) < 4.78 is 0. The van der Waals surface area contributed by atoms with Crippen LogP contribution in [0.1, 0.15) is 42.6 Å². The molecule has 1 N–H and O–H groups in total. The summed E-state index contributed by atoms with van der Waals surface area (Å²) >= 11 is 0. The van der Waals surface area contributed by atoms with Crippen molar-refractivity contribution in [1.29, 1.82) is 0 Å². The highest BCUT2D eigenvalue weighted by Crippen LogP contribution is 2.17. The van der Waals surface area contributed by atoms with E-state index in [1.807, 2.05) is 18.7 Å². The number of carbonyl (C=O) groups is 1. The van der Waals surface area contributed by atoms with E-state index in [-0.39, 0.29) is 5.91 Å². The first-order chi connectivity index (χ1) is 9.99. The van der Waals surface area contributed by atoms with Crippen LogP contribution >= 0.6 is 0 Å². The van der Waals surface area contributed by atoms with E-state index in [0.717, 1.165) is 43.7 Å². The Balaban J connectivity index is 1.86. The number of aromatic amines is 1. The molecule has 2 rings (SSSR count). The number of aromatic nitrogens is 2. The summed E-state index contributed by atoms with van der Waals surface area (Å²) in [6.45, 7) is 5.82. The van der Waals surface area contributed by atoms with E-state index in [0.29, 0.717) is 12.5 Å². The van der Waals surface area contributed by atoms with Crippen molar-refractivity contribution in [3.05, 3.63) is 17.0 Å². The molecule has 1 aliphatic heterocycles. The van der Waals surface area contributed by atoms with Crippen LogP contribution in [0.25, 0.3) is 0 Å². The topological polar surface area (TPSA) is 52.2 Å². The number of likely N-dealkylation sites (tertiary alicyclic amines) is 1. The zero-order valence-corrected chi connectivity index (χ0v) is 13.8. The Labute approximate surface area is 127 Å². The van der Waals surface area contributed by atoms with E-state index >= 15 is 0 Å². The van der Waals surface area contributed by atoms with E-state index in [9.17, 15) is 4.79 Å². The molecule has 5 nitrogen and oxygen atoms in total. The van der Waals surface area contributed by atoms with Gasteiger partial charge in [0, 0.05) is 31.2 Å². The summed E-state index contributed by atoms with van der Waals surface area (Å²) in [7, 11) is 4.26. The third-order valence-electron chi connectivity index (χ3n) is 4.65. The number of hydrogen-bond donors (Lipinski definition) is 1. The molecule has 0 unspecified atom stereocenters. The van der Waals surface area contributed by atoms with Gasteiger partial charge in [0.15, 0.2) is 0 Å². The highest BCUT2D eigenvalue weighted by Gasteiger charge is 2.21. The number of carbonyl (C=O) groups excluding carboxylic acids is 1. The maximum absolute atomic E-state index is 12.4. The number of rotatable bonds is 4. The van der Waals surface area contributed by atoms with Crippen LogP contribution < -0.4 is 0 Å². The van der Waals surface area contributed by atoms with Crippen LogP contribution in [0.5, 0.6) is 0 Å². The van der Waals surface area contributed by atoms with Crippen LogP contribution in [-0.4, -0.2) is 59.1 Å². The largest absolute Gasteiger partial charge is 0.343 e. The van der Waals surface area contributed by atoms with Crippen molar-refractivity contribution in [2.75, 3.05) is 27.2 Å². The Morgan fingerprint density at radius 2 is 2.10 bits per heavy atom. The highest BCUT2D eigenvalue weighted by molar-refractivity contribution is 5.76. The van der Waals surface area contributed by atoms with E-state index in [4.69, 9.17) is 0 Å². The monoisotopic (exact) mass is 292 g/mol. The third-order valence-corrected chi connectivity index (χ3v) is 4.65. The summed E-state index contributed by atoms with van der Waals surface area (Å²) in [6, 6.07) is 0.612. The number of H-pyrrole nitrogens is 1. The average molecular weight is 292 g/mol. The molecule has 0 aromatic carbocycles. The standard InChI is InChI=1S/C16H28N4O/c1-12-15(13(2)18-17-12)7-8-16(21)20-10-5-6-14(9-11-20)19(3)4/h14H,5-11H2,1-4H3,(H,17,18)/t14-/m0/s1. The molecule has 0 bridgehead atoms. The first-order valence-corrected chi connectivity index (χ1v) is 7.93. The summed E-state index contributed by atoms with van der Waals surface area (Å²) in [5, 5.41) is 7.18. The lowest BCUT2D eigenvalue weighted by Crippen LogP contribution is -2.34. The predicted molar refractivity (Wildman–Crippen MR) is 84.3 cm³/mol. The maximum Gasteiger partial charge on any atom is 0.222 e. The van der Waals surface area contributed by atoms with Gasteiger partial charge in [0.25, 0.3) is 0 Å². The second-order valence-corrected chi connectivity index (χ2v) is 6.34. The highest BCUT2D eigenvalue weighted by atomic mass is 16.2. The molecule has 2 heterocycles. The van der Waals surface area contributed by atoms with E-state index in [2.05, 4.69) is 29.2 Å². The van der Waals surface area contributed by atoms with Gasteiger partial charge in [0.1, 0.15) is 0 Å². The van der Waals surface area contributed by atoms with Gasteiger partial charge in [-0.2, -0.15) is 5.10 Å². The van der Waals surface area contributed by atoms with Crippen molar-refractivity contribution in [1.82, 2.24) is 20.0 Å². The Hall–Kier alpha value is -1.36. The normalized spacial score (nSPS) is 19.9. The molecule has 1 aromatic heterocycles. The van der Waals surface area contributed by atoms with Gasteiger partial charge in [-0.3, -0.25) is 9.89 Å². The molecule has 1 amide bonds. The molecule has 1 aliphatic rings. The zero-order chi connectivity index (χ0) is 15.4. The molecule has 118 valence electrons. The van der Waals surface area contributed by atoms with Crippen molar-refractivity contribution >= 4 is 5.91 Å². The second kappa shape index (κ2) is 7.07. The van der Waals surface area contributed by atoms with Crippen LogP contribution in [-0.2, 0) is 11.2 Å². The summed E-state index contributed by atoms with van der Waals surface area (Å²) in [4.78, 5) is 16.8. The Morgan fingerprint density at radius 1 is 1.33 bits per heavy atom. The van der Waals surface area contributed by atoms with Gasteiger partial charge in [0.2, 0.25) is 5.91 Å². The first kappa shape index (κ1) is 16.0. The van der Waals surface area contributed by atoms with Crippen LogP contribution in [0.15, 0.2) is 0 Å². The number of amides is 1. The quantitative estimate of drug-likeness (QED) is 0.922. The van der Waals surface area contributed by atoms with Gasteiger partial charge in [-0.05, 0) is 59.2 Å². The lowest BCUT2D eigenvalue weighted by Gasteiger charge is -2.23. The SMILES string of the molecule is Cc1n[nH]c(C)c1CCC(=O)N1CCC[C@H](N(C)C)CC1. The zero-order valence-electron chi connectivity index (χ0n) is 13.8. The average Bonchev–Trinajstić information content (AvgIpc) is 2.68. The molecule has 0 saturated carbocycles. The van der Waals surface area contributed by atoms with E-state index in [1.165, 1.54) is 12.0 Å². The molecule has 1 fully saturated rings. The molecule has 0 aliphatic carbocycles. The predicted octanol–water partition coefficient (Wildman–Crippen LogP) is 1.90. The van der Waals surface area contributed by atoms with E-state index in [1.54, 1.807) is 0 Å². The summed E-state index contributed by atoms with van der Waals surface area (Å²) in [5.41, 5.74) is 3.30. The summed E-state index contributed by atoms with van der Waals surface area (Å²) in [6.07, 6.45) is 4.77. The number of aryl methyl sites for hydroxylation is 2. The Kier molecular flexibility index (Phi) is 5.39. The molecular weight excluding hydrogens is 264 g/mol. The fourth-order valence-corrected chi connectivity index (χ4v) is 3.18. The number of hydrogen-bond acceptors (Lipinski definition) is 3. The smallest absolute Gasteiger partial charge is 0.222 e. The molecule has 5 heteroatoms. The maximum atomic E-state index is 12.4. The third kappa shape index (κ3) is 4.06. The van der Waals surface area contributed by atoms with E-state index < -0.39 is 0 Å². The van der Waals surface area contributed by atoms with Crippen LogP contribution in [0.4, 0.5) is 0 Å². The summed E-state index contributed by atoms with van der Waals surface area (Å²) in [5.74, 6) is 0.286. The van der Waals surface area contributed by atoms with Gasteiger partial charge in [-0.1, -0.05) is 0 Å². The molecule has 1 saturated heterocycles. The molecular formula is C16H28N4O. The van der Waals surface area contributed by atoms with Crippen LogP contribution in [0.2, 0.25) is 0 Å². The molecule has 1 atom stereocenters. The minimum Gasteiger partial charge on any atom is -0.343 e. The van der Waals surface area contributed by atoms with Crippen molar-refractivity contribution < 1.29 is 4.79 Å². The lowest BCUT2D eigenvalue weighted by molar-refractivity contribution is -0.131. The molecule has 0 radical (unpaired) electrons. The molecule has 1 aromatic rings. The van der Waals surface area contributed by atoms with Crippen molar-refractivity contribution in [3.63, 3.8) is 0 Å². The molecule has 21 heavy (non-hydrogen) atoms. The number of nitrogens with one attached hydrogen (secondary N) is 1. The van der Waals surface area contributed by atoms with Gasteiger partial charge >= 0.3 is 0 Å². The second-order valence-electron chi connectivity index (χ2n) is 6.34. The fourth-order valence-electron chi connectivity index (χ4n) is 3.18. The van der Waals surface area contributed by atoms with Gasteiger partial charge in [-0.25, -0.2) is 0 Å². The van der Waals surface area contributed by atoms with Crippen LogP contribution in [0, 0.1) is 13.8 Å². The number of nitrogens with zero attached hydrogens (tertiary/aromatic N) is 3. The van der Waals surface area contributed by atoms with Gasteiger partial charge in [0.05, 0.1) is 5.69 Å². The molecule has 0 spiro atoms. The van der Waals surface area contributed by atoms with Crippen molar-refractivity contribution in [3.8, 4) is 0 Å². The van der Waals surface area contributed by atoms with Gasteiger partial charge in [-0.15, -0.1) is 0 Å². The van der Waals surface area contributed by atoms with Gasteiger partial charge < -0.3 is 9.80 Å². The lowest BCUT2D eigenvalue weighted by atomic mass is 10.1.